The van der Waals surface area contributed by atoms with Gasteiger partial charge >= 0.3 is 5.97 Å². The zero-order valence-electron chi connectivity index (χ0n) is 7.68. The third-order valence-electron chi connectivity index (χ3n) is 1.96. The van der Waals surface area contributed by atoms with E-state index >= 15 is 0 Å². The molecule has 0 bridgehead atoms. The standard InChI is InChI=1S/C10H13NO3/c11-9(6-12)8-3-1-7(2-4-8)5-10(13)14/h1-4,9,12H,5-6,11H2,(H,13,14)/t9-/m1/s1. The van der Waals surface area contributed by atoms with Crippen LogP contribution in [0.3, 0.4) is 0 Å². The van der Waals surface area contributed by atoms with Crippen LogP contribution in [0.15, 0.2) is 24.3 Å². The molecule has 4 nitrogen and oxygen atoms in total. The maximum Gasteiger partial charge on any atom is 0.307 e. The van der Waals surface area contributed by atoms with Crippen molar-refractivity contribution in [1.82, 2.24) is 0 Å². The Morgan fingerprint density at radius 2 is 1.93 bits per heavy atom. The maximum atomic E-state index is 10.4. The summed E-state index contributed by atoms with van der Waals surface area (Å²) in [4.78, 5) is 10.4. The minimum atomic E-state index is -0.857. The molecule has 4 N–H and O–H groups in total. The Hall–Kier alpha value is -1.39. The fourth-order valence-electron chi connectivity index (χ4n) is 1.16. The molecule has 1 rings (SSSR count). The lowest BCUT2D eigenvalue weighted by Gasteiger charge is -2.08. The Balaban J connectivity index is 2.73. The topological polar surface area (TPSA) is 83.5 Å². The Morgan fingerprint density at radius 3 is 2.36 bits per heavy atom. The second-order valence-electron chi connectivity index (χ2n) is 3.10. The quantitative estimate of drug-likeness (QED) is 0.645. The predicted molar refractivity (Wildman–Crippen MR) is 51.8 cm³/mol. The second-order valence-corrected chi connectivity index (χ2v) is 3.10. The van der Waals surface area contributed by atoms with Gasteiger partial charge < -0.3 is 15.9 Å². The molecule has 0 radical (unpaired) electrons. The molecular formula is C10H13NO3. The van der Waals surface area contributed by atoms with Gasteiger partial charge in [-0.3, -0.25) is 4.79 Å². The van der Waals surface area contributed by atoms with E-state index < -0.39 is 12.0 Å². The van der Waals surface area contributed by atoms with Gasteiger partial charge in [0.15, 0.2) is 0 Å². The first-order chi connectivity index (χ1) is 6.63. The smallest absolute Gasteiger partial charge is 0.307 e. The normalized spacial score (nSPS) is 12.4. The molecule has 1 atom stereocenters. The van der Waals surface area contributed by atoms with Crippen LogP contribution in [-0.4, -0.2) is 22.8 Å². The summed E-state index contributed by atoms with van der Waals surface area (Å²) < 4.78 is 0. The summed E-state index contributed by atoms with van der Waals surface area (Å²) >= 11 is 0. The van der Waals surface area contributed by atoms with Crippen molar-refractivity contribution >= 4 is 5.97 Å². The summed E-state index contributed by atoms with van der Waals surface area (Å²) in [6, 6.07) is 6.49. The molecule has 0 aliphatic rings. The van der Waals surface area contributed by atoms with E-state index in [1.807, 2.05) is 0 Å². The van der Waals surface area contributed by atoms with Gasteiger partial charge in [-0.25, -0.2) is 0 Å². The number of carbonyl (C=O) groups is 1. The van der Waals surface area contributed by atoms with Crippen molar-refractivity contribution in [2.75, 3.05) is 6.61 Å². The number of carboxylic acid groups (broad SMARTS) is 1. The van der Waals surface area contributed by atoms with Crippen LogP contribution in [0.5, 0.6) is 0 Å². The summed E-state index contributed by atoms with van der Waals surface area (Å²) in [6.07, 6.45) is 0.00857. The molecule has 0 fully saturated rings. The van der Waals surface area contributed by atoms with Gasteiger partial charge in [0, 0.05) is 0 Å². The van der Waals surface area contributed by atoms with Crippen LogP contribution < -0.4 is 5.73 Å². The highest BCUT2D eigenvalue weighted by Gasteiger charge is 2.04. The van der Waals surface area contributed by atoms with Gasteiger partial charge in [0.05, 0.1) is 19.1 Å². The Bertz CT molecular complexity index is 308. The van der Waals surface area contributed by atoms with Crippen molar-refractivity contribution in [2.45, 2.75) is 12.5 Å². The average Bonchev–Trinajstić information content (AvgIpc) is 2.17. The molecule has 0 saturated carbocycles. The van der Waals surface area contributed by atoms with E-state index in [-0.39, 0.29) is 13.0 Å². The third-order valence-corrected chi connectivity index (χ3v) is 1.96. The molecule has 4 heteroatoms. The molecule has 0 saturated heterocycles. The third kappa shape index (κ3) is 2.83. The molecule has 0 amide bonds. The van der Waals surface area contributed by atoms with Crippen LogP contribution >= 0.6 is 0 Å². The molecular weight excluding hydrogens is 182 g/mol. The fourth-order valence-corrected chi connectivity index (χ4v) is 1.16. The molecule has 1 aromatic rings. The van der Waals surface area contributed by atoms with E-state index in [1.54, 1.807) is 24.3 Å². The van der Waals surface area contributed by atoms with Gasteiger partial charge in [-0.05, 0) is 11.1 Å². The number of aliphatic carboxylic acids is 1. The Morgan fingerprint density at radius 1 is 1.36 bits per heavy atom. The van der Waals surface area contributed by atoms with Crippen molar-refractivity contribution in [2.24, 2.45) is 5.73 Å². The zero-order chi connectivity index (χ0) is 10.6. The second kappa shape index (κ2) is 4.74. The van der Waals surface area contributed by atoms with E-state index in [0.29, 0.717) is 0 Å². The Labute approximate surface area is 82.0 Å². The number of nitrogens with two attached hydrogens (primary N) is 1. The molecule has 0 unspecified atom stereocenters. The number of benzene rings is 1. The van der Waals surface area contributed by atoms with Gasteiger partial charge in [0.25, 0.3) is 0 Å². The largest absolute Gasteiger partial charge is 0.481 e. The van der Waals surface area contributed by atoms with Crippen LogP contribution in [0.4, 0.5) is 0 Å². The number of hydrogen-bond donors (Lipinski definition) is 3. The van der Waals surface area contributed by atoms with Crippen LogP contribution in [0.25, 0.3) is 0 Å². The molecule has 0 aliphatic heterocycles. The molecule has 14 heavy (non-hydrogen) atoms. The fraction of sp³-hybridized carbons (Fsp3) is 0.300. The molecule has 0 aromatic heterocycles. The van der Waals surface area contributed by atoms with Crippen molar-refractivity contribution in [3.8, 4) is 0 Å². The monoisotopic (exact) mass is 195 g/mol. The lowest BCUT2D eigenvalue weighted by molar-refractivity contribution is -0.136. The van der Waals surface area contributed by atoms with E-state index in [2.05, 4.69) is 0 Å². The maximum absolute atomic E-state index is 10.4. The van der Waals surface area contributed by atoms with Crippen molar-refractivity contribution in [3.05, 3.63) is 35.4 Å². The van der Waals surface area contributed by atoms with E-state index in [0.717, 1.165) is 11.1 Å². The van der Waals surface area contributed by atoms with Gasteiger partial charge in [-0.1, -0.05) is 24.3 Å². The Kier molecular flexibility index (Phi) is 3.62. The zero-order valence-corrected chi connectivity index (χ0v) is 7.68. The molecule has 0 aliphatic carbocycles. The van der Waals surface area contributed by atoms with Crippen LogP contribution in [0.2, 0.25) is 0 Å². The van der Waals surface area contributed by atoms with Gasteiger partial charge in [0.1, 0.15) is 0 Å². The number of carboxylic acids is 1. The van der Waals surface area contributed by atoms with Crippen molar-refractivity contribution in [1.29, 1.82) is 0 Å². The summed E-state index contributed by atoms with van der Waals surface area (Å²) in [7, 11) is 0. The van der Waals surface area contributed by atoms with E-state index in [9.17, 15) is 4.79 Å². The number of rotatable bonds is 4. The molecule has 0 heterocycles. The minimum absolute atomic E-state index is 0.00857. The van der Waals surface area contributed by atoms with E-state index in [1.165, 1.54) is 0 Å². The number of aliphatic hydroxyl groups excluding tert-OH is 1. The van der Waals surface area contributed by atoms with E-state index in [4.69, 9.17) is 15.9 Å². The van der Waals surface area contributed by atoms with Gasteiger partial charge in [0.2, 0.25) is 0 Å². The highest BCUT2D eigenvalue weighted by Crippen LogP contribution is 2.11. The molecule has 76 valence electrons. The first kappa shape index (κ1) is 10.7. The lowest BCUT2D eigenvalue weighted by Crippen LogP contribution is -2.14. The van der Waals surface area contributed by atoms with Crippen LogP contribution in [-0.2, 0) is 11.2 Å². The van der Waals surface area contributed by atoms with Gasteiger partial charge in [-0.15, -0.1) is 0 Å². The van der Waals surface area contributed by atoms with Crippen molar-refractivity contribution in [3.63, 3.8) is 0 Å². The summed E-state index contributed by atoms with van der Waals surface area (Å²) in [6.45, 7) is -0.113. The number of hydrogen-bond acceptors (Lipinski definition) is 3. The summed E-state index contributed by atoms with van der Waals surface area (Å²) in [5.74, 6) is -0.857. The molecule has 0 spiro atoms. The SMILES string of the molecule is N[C@H](CO)c1ccc(CC(=O)O)cc1. The highest BCUT2D eigenvalue weighted by molar-refractivity contribution is 5.70. The minimum Gasteiger partial charge on any atom is -0.481 e. The van der Waals surface area contributed by atoms with Crippen molar-refractivity contribution < 1.29 is 15.0 Å². The number of aliphatic hydroxyl groups is 1. The van der Waals surface area contributed by atoms with Crippen LogP contribution in [0, 0.1) is 0 Å². The average molecular weight is 195 g/mol. The van der Waals surface area contributed by atoms with Crippen LogP contribution in [0.1, 0.15) is 17.2 Å². The lowest BCUT2D eigenvalue weighted by atomic mass is 10.0. The first-order valence-corrected chi connectivity index (χ1v) is 4.30. The highest BCUT2D eigenvalue weighted by atomic mass is 16.4. The molecule has 1 aromatic carbocycles. The van der Waals surface area contributed by atoms with Gasteiger partial charge in [-0.2, -0.15) is 0 Å². The summed E-state index contributed by atoms with van der Waals surface area (Å²) in [5.41, 5.74) is 7.11. The predicted octanol–water partition coefficient (Wildman–Crippen LogP) is 0.306. The first-order valence-electron chi connectivity index (χ1n) is 4.30. The summed E-state index contributed by atoms with van der Waals surface area (Å²) in [5, 5.41) is 17.3.